The molecule has 0 aliphatic heterocycles. The minimum Gasteiger partial charge on any atom is -0.493 e. The molecular formula is C27H27N3O4S. The van der Waals surface area contributed by atoms with Gasteiger partial charge in [-0.2, -0.15) is 0 Å². The first kappa shape index (κ1) is 24.2. The van der Waals surface area contributed by atoms with Gasteiger partial charge in [0.25, 0.3) is 0 Å². The minimum atomic E-state index is -0.108. The molecule has 2 heterocycles. The molecule has 0 saturated heterocycles. The molecule has 0 unspecified atom stereocenters. The highest BCUT2D eigenvalue weighted by Gasteiger charge is 2.11. The van der Waals surface area contributed by atoms with E-state index >= 15 is 0 Å². The van der Waals surface area contributed by atoms with Crippen LogP contribution in [0, 0.1) is 13.8 Å². The molecule has 1 amide bonds. The Balaban J connectivity index is 1.40. The van der Waals surface area contributed by atoms with Gasteiger partial charge in [0.1, 0.15) is 11.6 Å². The van der Waals surface area contributed by atoms with Gasteiger partial charge in [0.05, 0.1) is 19.9 Å². The maximum atomic E-state index is 12.5. The third-order valence-electron chi connectivity index (χ3n) is 5.73. The molecule has 2 aromatic carbocycles. The molecule has 4 aromatic rings. The first-order valence-electron chi connectivity index (χ1n) is 11.1. The lowest BCUT2D eigenvalue weighted by Crippen LogP contribution is -2.29. The lowest BCUT2D eigenvalue weighted by atomic mass is 10.1. The first-order valence-corrected chi connectivity index (χ1v) is 12.0. The smallest absolute Gasteiger partial charge is 0.240 e. The highest BCUT2D eigenvalue weighted by atomic mass is 32.1. The van der Waals surface area contributed by atoms with Crippen molar-refractivity contribution in [2.24, 2.45) is 0 Å². The van der Waals surface area contributed by atoms with E-state index < -0.39 is 0 Å². The third-order valence-corrected chi connectivity index (χ3v) is 6.62. The molecule has 1 N–H and O–H groups in total. The van der Waals surface area contributed by atoms with E-state index in [-0.39, 0.29) is 17.9 Å². The molecule has 0 atom stereocenters. The maximum Gasteiger partial charge on any atom is 0.240 e. The second-order valence-corrected chi connectivity index (χ2v) is 9.00. The number of rotatable bonds is 8. The Hall–Kier alpha value is -3.91. The van der Waals surface area contributed by atoms with Crippen LogP contribution in [0.4, 0.5) is 0 Å². The van der Waals surface area contributed by atoms with Gasteiger partial charge in [-0.1, -0.05) is 24.3 Å². The Morgan fingerprint density at radius 3 is 2.26 bits per heavy atom. The zero-order chi connectivity index (χ0) is 24.9. The number of nitrogens with zero attached hydrogens (tertiary/aromatic N) is 2. The van der Waals surface area contributed by atoms with E-state index in [1.165, 1.54) is 12.1 Å². The van der Waals surface area contributed by atoms with Gasteiger partial charge in [-0.25, -0.2) is 4.98 Å². The van der Waals surface area contributed by atoms with Crippen molar-refractivity contribution in [1.29, 1.82) is 0 Å². The van der Waals surface area contributed by atoms with Crippen LogP contribution in [0.1, 0.15) is 17.0 Å². The second kappa shape index (κ2) is 10.6. The van der Waals surface area contributed by atoms with Crippen molar-refractivity contribution >= 4 is 17.2 Å². The van der Waals surface area contributed by atoms with Gasteiger partial charge in [0, 0.05) is 46.6 Å². The number of hydrogen-bond acceptors (Lipinski definition) is 6. The second-order valence-electron chi connectivity index (χ2n) is 8.14. The Labute approximate surface area is 208 Å². The quantitative estimate of drug-likeness (QED) is 0.392. The highest BCUT2D eigenvalue weighted by molar-refractivity contribution is 7.13. The minimum absolute atomic E-state index is 0.0483. The number of pyridine rings is 1. The average Bonchev–Trinajstić information content (AvgIpc) is 3.35. The zero-order valence-electron chi connectivity index (χ0n) is 20.1. The number of thiazole rings is 1. The predicted octanol–water partition coefficient (Wildman–Crippen LogP) is 4.59. The van der Waals surface area contributed by atoms with Crippen LogP contribution >= 0.6 is 11.3 Å². The van der Waals surface area contributed by atoms with E-state index in [0.29, 0.717) is 18.0 Å². The van der Waals surface area contributed by atoms with Crippen molar-refractivity contribution in [1.82, 2.24) is 14.9 Å². The van der Waals surface area contributed by atoms with Crippen molar-refractivity contribution in [2.45, 2.75) is 26.9 Å². The van der Waals surface area contributed by atoms with Gasteiger partial charge in [0.15, 0.2) is 16.9 Å². The Kier molecular flexibility index (Phi) is 7.31. The van der Waals surface area contributed by atoms with Crippen LogP contribution in [0.3, 0.4) is 0 Å². The lowest BCUT2D eigenvalue weighted by Gasteiger charge is -2.14. The fraction of sp³-hybridized carbons (Fsp3) is 0.222. The summed E-state index contributed by atoms with van der Waals surface area (Å²) in [7, 11) is 3.23. The number of nitrogens with one attached hydrogen (secondary N) is 1. The van der Waals surface area contributed by atoms with Gasteiger partial charge in [-0.05, 0) is 37.6 Å². The molecule has 0 bridgehead atoms. The summed E-state index contributed by atoms with van der Waals surface area (Å²) in [4.78, 5) is 28.8. The number of aromatic nitrogens is 2. The molecule has 180 valence electrons. The van der Waals surface area contributed by atoms with Crippen LogP contribution in [0.25, 0.3) is 21.8 Å². The fourth-order valence-corrected chi connectivity index (χ4v) is 4.67. The molecular weight excluding hydrogens is 462 g/mol. The van der Waals surface area contributed by atoms with Crippen LogP contribution in [0.5, 0.6) is 11.5 Å². The van der Waals surface area contributed by atoms with Crippen LogP contribution < -0.4 is 20.2 Å². The molecule has 4 rings (SSSR count). The van der Waals surface area contributed by atoms with Gasteiger partial charge in [-0.15, -0.1) is 11.3 Å². The Morgan fingerprint density at radius 2 is 1.60 bits per heavy atom. The van der Waals surface area contributed by atoms with Gasteiger partial charge >= 0.3 is 0 Å². The summed E-state index contributed by atoms with van der Waals surface area (Å²) in [5.41, 5.74) is 5.32. The fourth-order valence-electron chi connectivity index (χ4n) is 3.84. The molecule has 7 nitrogen and oxygen atoms in total. The number of carbonyl (C=O) groups is 1. The molecule has 0 saturated carbocycles. The van der Waals surface area contributed by atoms with E-state index in [9.17, 15) is 9.59 Å². The molecule has 8 heteroatoms. The number of methoxy groups -OCH3 is 2. The Bertz CT molecular complexity index is 1380. The van der Waals surface area contributed by atoms with Crippen LogP contribution in [-0.4, -0.2) is 29.7 Å². The molecule has 0 spiro atoms. The molecule has 0 aliphatic rings. The molecule has 2 aromatic heterocycles. The number of amides is 1. The van der Waals surface area contributed by atoms with Crippen molar-refractivity contribution in [3.05, 3.63) is 87.2 Å². The van der Waals surface area contributed by atoms with Gasteiger partial charge in [0.2, 0.25) is 5.91 Å². The van der Waals surface area contributed by atoms with E-state index in [2.05, 4.69) is 5.32 Å². The molecule has 0 fully saturated rings. The van der Waals surface area contributed by atoms with E-state index in [1.54, 1.807) is 25.6 Å². The van der Waals surface area contributed by atoms with Gasteiger partial charge < -0.3 is 19.4 Å². The van der Waals surface area contributed by atoms with Crippen molar-refractivity contribution in [3.63, 3.8) is 0 Å². The summed E-state index contributed by atoms with van der Waals surface area (Å²) < 4.78 is 12.5. The van der Waals surface area contributed by atoms with Crippen LogP contribution in [0.2, 0.25) is 0 Å². The zero-order valence-corrected chi connectivity index (χ0v) is 20.9. The summed E-state index contributed by atoms with van der Waals surface area (Å²) in [5, 5.41) is 5.88. The first-order chi connectivity index (χ1) is 16.9. The molecule has 0 radical (unpaired) electrons. The number of hydrogen-bond donors (Lipinski definition) is 1. The average molecular weight is 490 g/mol. The topological polar surface area (TPSA) is 82.5 Å². The Morgan fingerprint density at radius 1 is 0.943 bits per heavy atom. The monoisotopic (exact) mass is 489 g/mol. The largest absolute Gasteiger partial charge is 0.493 e. The third kappa shape index (κ3) is 5.60. The summed E-state index contributed by atoms with van der Waals surface area (Å²) >= 11 is 1.57. The normalized spacial score (nSPS) is 10.7. The lowest BCUT2D eigenvalue weighted by molar-refractivity contribution is -0.121. The van der Waals surface area contributed by atoms with E-state index in [1.807, 2.05) is 66.3 Å². The summed E-state index contributed by atoms with van der Waals surface area (Å²) in [6.07, 6.45) is 0. The number of ether oxygens (including phenoxy) is 2. The SMILES string of the molecule is COc1ccc(-c2csc(-c3ccc(CNC(=O)Cn4c(C)cc(=O)cc4C)cc3)n2)cc1OC. The van der Waals surface area contributed by atoms with Crippen molar-refractivity contribution < 1.29 is 14.3 Å². The summed E-state index contributed by atoms with van der Waals surface area (Å²) in [5.74, 6) is 1.24. The van der Waals surface area contributed by atoms with E-state index in [4.69, 9.17) is 14.5 Å². The number of aryl methyl sites for hydroxylation is 2. The number of carbonyl (C=O) groups excluding carboxylic acids is 1. The highest BCUT2D eigenvalue weighted by Crippen LogP contribution is 2.34. The molecule has 0 aliphatic carbocycles. The van der Waals surface area contributed by atoms with Crippen molar-refractivity contribution in [3.8, 4) is 33.3 Å². The number of benzene rings is 2. The van der Waals surface area contributed by atoms with Gasteiger partial charge in [-0.3, -0.25) is 9.59 Å². The summed E-state index contributed by atoms with van der Waals surface area (Å²) in [6, 6.07) is 16.8. The summed E-state index contributed by atoms with van der Waals surface area (Å²) in [6.45, 7) is 4.26. The van der Waals surface area contributed by atoms with Crippen LogP contribution in [-0.2, 0) is 17.9 Å². The standard InChI is InChI=1S/C27H27N3O4S/c1-17-11-22(31)12-18(2)30(17)15-26(32)28-14-19-5-7-20(8-6-19)27-29-23(16-35-27)21-9-10-24(33-3)25(13-21)34-4/h5-13,16H,14-15H2,1-4H3,(H,28,32). The van der Waals surface area contributed by atoms with Crippen molar-refractivity contribution in [2.75, 3.05) is 14.2 Å². The van der Waals surface area contributed by atoms with Crippen LogP contribution in [0.15, 0.2) is 64.8 Å². The molecule has 35 heavy (non-hydrogen) atoms. The van der Waals surface area contributed by atoms with E-state index in [0.717, 1.165) is 38.8 Å². The predicted molar refractivity (Wildman–Crippen MR) is 138 cm³/mol. The maximum absolute atomic E-state index is 12.5.